The van der Waals surface area contributed by atoms with E-state index in [2.05, 4.69) is 74.0 Å². The predicted molar refractivity (Wildman–Crippen MR) is 164 cm³/mol. The zero-order valence-electron chi connectivity index (χ0n) is 24.8. The number of aromatic nitrogens is 2. The number of carbonyl (C=O) groups excluding carboxylic acids is 1. The van der Waals surface area contributed by atoms with Gasteiger partial charge < -0.3 is 15.0 Å². The van der Waals surface area contributed by atoms with Crippen LogP contribution in [0, 0.1) is 5.92 Å². The highest BCUT2D eigenvalue weighted by Gasteiger charge is 2.23. The van der Waals surface area contributed by atoms with Crippen LogP contribution < -0.4 is 10.1 Å². The summed E-state index contributed by atoms with van der Waals surface area (Å²) in [6, 6.07) is 12.8. The number of ether oxygens (including phenoxy) is 1. The summed E-state index contributed by atoms with van der Waals surface area (Å²) in [5.74, 6) is 1.23. The fourth-order valence-electron chi connectivity index (χ4n) is 6.38. The summed E-state index contributed by atoms with van der Waals surface area (Å²) in [6.45, 7) is 8.82. The first-order valence-electron chi connectivity index (χ1n) is 14.8. The van der Waals surface area contributed by atoms with Crippen LogP contribution in [-0.2, 0) is 0 Å². The minimum Gasteiger partial charge on any atom is -0.494 e. The molecular formula is C34H44N4O2. The number of rotatable bonds is 10. The van der Waals surface area contributed by atoms with E-state index in [1.807, 2.05) is 24.4 Å². The molecule has 1 unspecified atom stereocenters. The summed E-state index contributed by atoms with van der Waals surface area (Å²) in [4.78, 5) is 15.9. The van der Waals surface area contributed by atoms with Gasteiger partial charge in [0.05, 0.1) is 29.9 Å². The van der Waals surface area contributed by atoms with E-state index in [0.717, 1.165) is 60.0 Å². The second kappa shape index (κ2) is 12.4. The molecule has 2 aliphatic rings. The number of hydrogen-bond acceptors (Lipinski definition) is 4. The molecule has 212 valence electrons. The average Bonchev–Trinajstić information content (AvgIpc) is 3.60. The average molecular weight is 541 g/mol. The third-order valence-electron chi connectivity index (χ3n) is 8.45. The van der Waals surface area contributed by atoms with Crippen LogP contribution >= 0.6 is 0 Å². The van der Waals surface area contributed by atoms with Gasteiger partial charge in [-0.25, -0.2) is 0 Å². The van der Waals surface area contributed by atoms with Gasteiger partial charge in [-0.15, -0.1) is 0 Å². The van der Waals surface area contributed by atoms with Gasteiger partial charge in [-0.05, 0) is 106 Å². The first kappa shape index (κ1) is 28.2. The van der Waals surface area contributed by atoms with Crippen molar-refractivity contribution in [2.75, 3.05) is 33.8 Å². The lowest BCUT2D eigenvalue weighted by Crippen LogP contribution is -2.28. The van der Waals surface area contributed by atoms with Crippen molar-refractivity contribution < 1.29 is 9.53 Å². The first-order valence-corrected chi connectivity index (χ1v) is 14.8. The Morgan fingerprint density at radius 1 is 1.12 bits per heavy atom. The monoisotopic (exact) mass is 540 g/mol. The molecular weight excluding hydrogens is 496 g/mol. The highest BCUT2D eigenvalue weighted by Crippen LogP contribution is 2.35. The molecule has 0 bridgehead atoms. The molecule has 0 spiro atoms. The molecule has 6 nitrogen and oxygen atoms in total. The molecule has 3 aromatic rings. The van der Waals surface area contributed by atoms with Crippen LogP contribution in [0.2, 0.25) is 0 Å². The maximum Gasteiger partial charge on any atom is 0.252 e. The molecule has 0 radical (unpaired) electrons. The van der Waals surface area contributed by atoms with Gasteiger partial charge in [0.25, 0.3) is 5.91 Å². The minimum atomic E-state index is -0.0484. The van der Waals surface area contributed by atoms with Crippen molar-refractivity contribution in [1.29, 1.82) is 0 Å². The van der Waals surface area contributed by atoms with Crippen LogP contribution in [0.4, 0.5) is 0 Å². The summed E-state index contributed by atoms with van der Waals surface area (Å²) in [7, 11) is 4.15. The molecule has 0 saturated heterocycles. The normalized spacial score (nSPS) is 18.1. The summed E-state index contributed by atoms with van der Waals surface area (Å²) in [5.41, 5.74) is 7.75. The van der Waals surface area contributed by atoms with Crippen molar-refractivity contribution in [3.63, 3.8) is 0 Å². The number of nitrogens with zero attached hydrogens (tertiary/aromatic N) is 3. The van der Waals surface area contributed by atoms with Crippen LogP contribution in [0.1, 0.15) is 75.7 Å². The zero-order valence-corrected chi connectivity index (χ0v) is 24.8. The van der Waals surface area contributed by atoms with Gasteiger partial charge in [0.1, 0.15) is 5.75 Å². The van der Waals surface area contributed by atoms with Gasteiger partial charge >= 0.3 is 0 Å². The van der Waals surface area contributed by atoms with Gasteiger partial charge in [0.2, 0.25) is 0 Å². The molecule has 1 fully saturated rings. The molecule has 1 N–H and O–H groups in total. The first-order chi connectivity index (χ1) is 19.3. The summed E-state index contributed by atoms with van der Waals surface area (Å²) >= 11 is 0. The number of amides is 1. The largest absolute Gasteiger partial charge is 0.494 e. The standard InChI is InChI=1S/C34H44N4O2/c1-23-16-24(2)31(25(3)17-23)21-35-34(39)30-19-27(20-33-32(30)22-36-38(33)28-11-6-7-12-28)26-10-8-13-29(18-26)40-15-9-14-37(4)5/h8,10,13,16,18-20,22,25,28H,6-7,9,11-12,14-15,17,21H2,1-5H3,(H,35,39). The maximum absolute atomic E-state index is 13.8. The van der Waals surface area contributed by atoms with Crippen LogP contribution in [0.3, 0.4) is 0 Å². The third-order valence-corrected chi connectivity index (χ3v) is 8.45. The Morgan fingerprint density at radius 2 is 1.93 bits per heavy atom. The van der Waals surface area contributed by atoms with E-state index in [1.54, 1.807) is 0 Å². The Hall–Kier alpha value is -3.38. The van der Waals surface area contributed by atoms with Crippen LogP contribution in [0.25, 0.3) is 22.0 Å². The number of carbonyl (C=O) groups is 1. The third kappa shape index (κ3) is 6.33. The molecule has 1 amide bonds. The fraction of sp³-hybridized carbons (Fsp3) is 0.471. The summed E-state index contributed by atoms with van der Waals surface area (Å²) in [6.07, 6.45) is 10.9. The summed E-state index contributed by atoms with van der Waals surface area (Å²) < 4.78 is 8.23. The minimum absolute atomic E-state index is 0.0484. The van der Waals surface area contributed by atoms with Gasteiger partial charge in [0, 0.05) is 18.5 Å². The van der Waals surface area contributed by atoms with Crippen molar-refractivity contribution in [1.82, 2.24) is 20.0 Å². The molecule has 2 aliphatic carbocycles. The van der Waals surface area contributed by atoms with E-state index < -0.39 is 0 Å². The second-order valence-electron chi connectivity index (χ2n) is 12.0. The second-order valence-corrected chi connectivity index (χ2v) is 12.0. The molecule has 2 aromatic carbocycles. The van der Waals surface area contributed by atoms with E-state index in [4.69, 9.17) is 9.84 Å². The Labute approximate surface area is 239 Å². The van der Waals surface area contributed by atoms with Gasteiger partial charge in [-0.1, -0.05) is 43.5 Å². The van der Waals surface area contributed by atoms with Crippen molar-refractivity contribution in [3.8, 4) is 16.9 Å². The lowest BCUT2D eigenvalue weighted by molar-refractivity contribution is 0.0958. The molecule has 1 saturated carbocycles. The molecule has 1 aromatic heterocycles. The van der Waals surface area contributed by atoms with E-state index in [0.29, 0.717) is 30.7 Å². The number of allylic oxidation sites excluding steroid dienone is 3. The van der Waals surface area contributed by atoms with Crippen LogP contribution in [0.5, 0.6) is 5.75 Å². The molecule has 1 heterocycles. The Balaban J connectivity index is 1.46. The highest BCUT2D eigenvalue weighted by atomic mass is 16.5. The summed E-state index contributed by atoms with van der Waals surface area (Å²) in [5, 5.41) is 8.99. The lowest BCUT2D eigenvalue weighted by atomic mass is 9.85. The van der Waals surface area contributed by atoms with Gasteiger partial charge in [0.15, 0.2) is 0 Å². The topological polar surface area (TPSA) is 59.4 Å². The Bertz CT molecular complexity index is 1420. The van der Waals surface area contributed by atoms with Crippen LogP contribution in [-0.4, -0.2) is 54.4 Å². The highest BCUT2D eigenvalue weighted by molar-refractivity contribution is 6.08. The van der Waals surface area contributed by atoms with Crippen molar-refractivity contribution >= 4 is 16.8 Å². The van der Waals surface area contributed by atoms with Gasteiger partial charge in [-0.2, -0.15) is 5.10 Å². The van der Waals surface area contributed by atoms with E-state index in [-0.39, 0.29) is 5.91 Å². The predicted octanol–water partition coefficient (Wildman–Crippen LogP) is 7.18. The van der Waals surface area contributed by atoms with E-state index in [1.165, 1.54) is 29.6 Å². The quantitative estimate of drug-likeness (QED) is 0.277. The molecule has 6 heteroatoms. The van der Waals surface area contributed by atoms with E-state index >= 15 is 0 Å². The maximum atomic E-state index is 13.8. The SMILES string of the molecule is CC1=CC(C)=C(CNC(=O)c2cc(-c3cccc(OCCCN(C)C)c3)cc3c2cnn3C2CCCC2)C(C)C1. The Morgan fingerprint density at radius 3 is 2.67 bits per heavy atom. The molecule has 0 aliphatic heterocycles. The molecule has 1 atom stereocenters. The molecule has 40 heavy (non-hydrogen) atoms. The number of hydrogen-bond donors (Lipinski definition) is 1. The zero-order chi connectivity index (χ0) is 28.2. The number of benzene rings is 2. The van der Waals surface area contributed by atoms with E-state index in [9.17, 15) is 4.79 Å². The number of fused-ring (bicyclic) bond motifs is 1. The number of nitrogens with one attached hydrogen (secondary N) is 1. The van der Waals surface area contributed by atoms with Crippen molar-refractivity contribution in [3.05, 3.63) is 71.0 Å². The fourth-order valence-corrected chi connectivity index (χ4v) is 6.38. The van der Waals surface area contributed by atoms with Crippen molar-refractivity contribution in [2.45, 2.75) is 65.3 Å². The van der Waals surface area contributed by atoms with Crippen molar-refractivity contribution in [2.24, 2.45) is 5.92 Å². The van der Waals surface area contributed by atoms with Gasteiger partial charge in [-0.3, -0.25) is 9.48 Å². The Kier molecular flexibility index (Phi) is 8.75. The smallest absolute Gasteiger partial charge is 0.252 e. The molecule has 5 rings (SSSR count). The lowest BCUT2D eigenvalue weighted by Gasteiger charge is -2.24. The van der Waals surface area contributed by atoms with Crippen LogP contribution in [0.15, 0.2) is 65.4 Å².